The Hall–Kier alpha value is -2.42. The van der Waals surface area contributed by atoms with Crippen molar-refractivity contribution >= 4 is 39.2 Å². The van der Waals surface area contributed by atoms with E-state index in [1.807, 2.05) is 18.2 Å². The zero-order valence-electron chi connectivity index (χ0n) is 18.8. The maximum atomic E-state index is 13.0. The van der Waals surface area contributed by atoms with Gasteiger partial charge in [0.1, 0.15) is 4.90 Å². The highest BCUT2D eigenvalue weighted by atomic mass is 35.5. The van der Waals surface area contributed by atoms with E-state index in [0.717, 1.165) is 31.2 Å². The molecule has 2 aromatic carbocycles. The number of ether oxygens (including phenoxy) is 1. The van der Waals surface area contributed by atoms with E-state index < -0.39 is 28.5 Å². The molecule has 0 aromatic heterocycles. The minimum atomic E-state index is -3.82. The van der Waals surface area contributed by atoms with Crippen molar-refractivity contribution in [1.82, 2.24) is 4.31 Å². The van der Waals surface area contributed by atoms with Gasteiger partial charge in [-0.25, -0.2) is 13.2 Å². The van der Waals surface area contributed by atoms with E-state index in [0.29, 0.717) is 18.8 Å². The highest BCUT2D eigenvalue weighted by molar-refractivity contribution is 7.89. The zero-order valence-corrected chi connectivity index (χ0v) is 20.4. The van der Waals surface area contributed by atoms with Crippen molar-refractivity contribution in [2.24, 2.45) is 0 Å². The largest absolute Gasteiger partial charge is 0.452 e. The van der Waals surface area contributed by atoms with Crippen LogP contribution in [0.3, 0.4) is 0 Å². The number of amides is 1. The first kappa shape index (κ1) is 25.2. The van der Waals surface area contributed by atoms with Gasteiger partial charge in [0.15, 0.2) is 6.61 Å². The summed E-state index contributed by atoms with van der Waals surface area (Å²) in [4.78, 5) is 24.8. The summed E-state index contributed by atoms with van der Waals surface area (Å²) >= 11 is 6.15. The first-order chi connectivity index (χ1) is 15.7. The lowest BCUT2D eigenvalue weighted by atomic mass is 9.97. The summed E-state index contributed by atoms with van der Waals surface area (Å²) in [5, 5.41) is 2.82. The normalized spacial score (nSPS) is 15.6. The quantitative estimate of drug-likeness (QED) is 0.533. The second-order valence-electron chi connectivity index (χ2n) is 8.13. The van der Waals surface area contributed by atoms with Gasteiger partial charge in [-0.05, 0) is 55.0 Å². The molecule has 0 spiro atoms. The molecule has 1 saturated heterocycles. The number of nitrogens with one attached hydrogen (secondary N) is 1. The van der Waals surface area contributed by atoms with Crippen molar-refractivity contribution in [3.8, 4) is 0 Å². The third kappa shape index (κ3) is 6.13. The van der Waals surface area contributed by atoms with Gasteiger partial charge in [0, 0.05) is 18.8 Å². The number of halogens is 1. The predicted octanol–water partition coefficient (Wildman–Crippen LogP) is 4.82. The fourth-order valence-electron chi connectivity index (χ4n) is 3.73. The van der Waals surface area contributed by atoms with E-state index in [1.54, 1.807) is 6.07 Å². The molecule has 0 radical (unpaired) electrons. The molecule has 1 atom stereocenters. The summed E-state index contributed by atoms with van der Waals surface area (Å²) in [6.45, 7) is 4.49. The average Bonchev–Trinajstić information content (AvgIpc) is 2.83. The molecule has 1 aliphatic heterocycles. The Balaban J connectivity index is 1.68. The maximum absolute atomic E-state index is 13.0. The average molecular weight is 493 g/mol. The highest BCUT2D eigenvalue weighted by Gasteiger charge is 2.29. The van der Waals surface area contributed by atoms with E-state index in [1.165, 1.54) is 22.5 Å². The summed E-state index contributed by atoms with van der Waals surface area (Å²) in [6.07, 6.45) is 3.47. The molecule has 178 valence electrons. The lowest BCUT2D eigenvalue weighted by Crippen LogP contribution is -2.35. The summed E-state index contributed by atoms with van der Waals surface area (Å²) in [5.41, 5.74) is 1.70. The minimum absolute atomic E-state index is 0.0165. The van der Waals surface area contributed by atoms with E-state index in [9.17, 15) is 18.0 Å². The Morgan fingerprint density at radius 1 is 1.12 bits per heavy atom. The van der Waals surface area contributed by atoms with Crippen LogP contribution in [0.2, 0.25) is 5.02 Å². The van der Waals surface area contributed by atoms with Gasteiger partial charge in [0.25, 0.3) is 5.91 Å². The minimum Gasteiger partial charge on any atom is -0.452 e. The molecule has 1 amide bonds. The predicted molar refractivity (Wildman–Crippen MR) is 128 cm³/mol. The molecule has 0 bridgehead atoms. The Labute approximate surface area is 200 Å². The molecular formula is C24H29ClN2O5S. The highest BCUT2D eigenvalue weighted by Crippen LogP contribution is 2.28. The second-order valence-corrected chi connectivity index (χ2v) is 10.4. The fraction of sp³-hybridized carbons (Fsp3) is 0.417. The molecule has 1 fully saturated rings. The molecule has 0 saturated carbocycles. The molecule has 33 heavy (non-hydrogen) atoms. The fourth-order valence-corrected chi connectivity index (χ4v) is 5.75. The van der Waals surface area contributed by atoms with Crippen molar-refractivity contribution in [1.29, 1.82) is 0 Å². The molecule has 1 aliphatic rings. The summed E-state index contributed by atoms with van der Waals surface area (Å²) in [6, 6.07) is 11.4. The van der Waals surface area contributed by atoms with Crippen molar-refractivity contribution in [2.75, 3.05) is 25.0 Å². The molecule has 1 N–H and O–H groups in total. The Bertz CT molecular complexity index is 1110. The van der Waals surface area contributed by atoms with Crippen molar-refractivity contribution in [2.45, 2.75) is 50.3 Å². The van der Waals surface area contributed by atoms with Crippen LogP contribution in [0.5, 0.6) is 0 Å². The van der Waals surface area contributed by atoms with Crippen molar-refractivity contribution in [3.63, 3.8) is 0 Å². The number of sulfonamides is 1. The smallest absolute Gasteiger partial charge is 0.338 e. The number of carbonyl (C=O) groups is 2. The third-order valence-electron chi connectivity index (χ3n) is 5.81. The molecule has 1 heterocycles. The van der Waals surface area contributed by atoms with E-state index in [2.05, 4.69) is 19.2 Å². The van der Waals surface area contributed by atoms with Gasteiger partial charge in [0.2, 0.25) is 10.0 Å². The van der Waals surface area contributed by atoms with E-state index in [-0.39, 0.29) is 21.4 Å². The number of anilines is 1. The van der Waals surface area contributed by atoms with Crippen LogP contribution in [0.15, 0.2) is 47.4 Å². The summed E-state index contributed by atoms with van der Waals surface area (Å²) in [7, 11) is -3.82. The zero-order chi connectivity index (χ0) is 24.0. The lowest BCUT2D eigenvalue weighted by molar-refractivity contribution is -0.119. The number of benzene rings is 2. The first-order valence-electron chi connectivity index (χ1n) is 11.1. The van der Waals surface area contributed by atoms with Gasteiger partial charge >= 0.3 is 5.97 Å². The van der Waals surface area contributed by atoms with Crippen molar-refractivity contribution < 1.29 is 22.7 Å². The topological polar surface area (TPSA) is 92.8 Å². The van der Waals surface area contributed by atoms with Gasteiger partial charge in [0.05, 0.1) is 10.6 Å². The summed E-state index contributed by atoms with van der Waals surface area (Å²) < 4.78 is 32.5. The maximum Gasteiger partial charge on any atom is 0.338 e. The number of para-hydroxylation sites is 1. The van der Waals surface area contributed by atoms with Gasteiger partial charge in [-0.2, -0.15) is 4.31 Å². The number of nitrogens with zero attached hydrogens (tertiary/aromatic N) is 1. The standard InChI is InChI=1S/C24H29ClN2O5S/c1-3-17(2)19-9-5-6-10-21(19)26-23(28)16-32-24(29)18-11-12-20(25)22(15-18)33(30,31)27-13-7-4-8-14-27/h5-6,9-12,15,17H,3-4,7-8,13-14,16H2,1-2H3,(H,26,28)/t17-/m1/s1. The molecule has 3 rings (SSSR count). The van der Waals surface area contributed by atoms with Crippen LogP contribution < -0.4 is 5.32 Å². The molecule has 0 unspecified atom stereocenters. The van der Waals surface area contributed by atoms with Crippen LogP contribution in [0.1, 0.15) is 61.4 Å². The molecule has 0 aliphatic carbocycles. The number of carbonyl (C=O) groups excluding carboxylic acids is 2. The van der Waals surface area contributed by atoms with Gasteiger partial charge in [-0.15, -0.1) is 0 Å². The number of rotatable bonds is 8. The second kappa shape index (κ2) is 11.1. The summed E-state index contributed by atoms with van der Waals surface area (Å²) in [5.74, 6) is -1.01. The monoisotopic (exact) mass is 492 g/mol. The van der Waals surface area contributed by atoms with Crippen LogP contribution in [-0.2, 0) is 19.6 Å². The van der Waals surface area contributed by atoms with Crippen molar-refractivity contribution in [3.05, 3.63) is 58.6 Å². The van der Waals surface area contributed by atoms with E-state index >= 15 is 0 Å². The van der Waals surface area contributed by atoms with Gasteiger partial charge in [-0.3, -0.25) is 4.79 Å². The van der Waals surface area contributed by atoms with Crippen LogP contribution >= 0.6 is 11.6 Å². The number of esters is 1. The number of hydrogen-bond donors (Lipinski definition) is 1. The van der Waals surface area contributed by atoms with Crippen LogP contribution in [0.25, 0.3) is 0 Å². The molecule has 2 aromatic rings. The van der Waals surface area contributed by atoms with Gasteiger partial charge < -0.3 is 10.1 Å². The third-order valence-corrected chi connectivity index (χ3v) is 8.19. The van der Waals surface area contributed by atoms with Crippen LogP contribution in [0, 0.1) is 0 Å². The first-order valence-corrected chi connectivity index (χ1v) is 12.9. The van der Waals surface area contributed by atoms with Crippen LogP contribution in [-0.4, -0.2) is 44.3 Å². The van der Waals surface area contributed by atoms with E-state index in [4.69, 9.17) is 16.3 Å². The number of hydrogen-bond acceptors (Lipinski definition) is 5. The molecular weight excluding hydrogens is 464 g/mol. The lowest BCUT2D eigenvalue weighted by Gasteiger charge is -2.26. The SMILES string of the molecule is CC[C@@H](C)c1ccccc1NC(=O)COC(=O)c1ccc(Cl)c(S(=O)(=O)N2CCCCC2)c1. The Morgan fingerprint density at radius 2 is 1.82 bits per heavy atom. The molecule has 9 heteroatoms. The van der Waals surface area contributed by atoms with Crippen LogP contribution in [0.4, 0.5) is 5.69 Å². The Morgan fingerprint density at radius 3 is 2.52 bits per heavy atom. The number of piperidine rings is 1. The van der Waals surface area contributed by atoms with Gasteiger partial charge in [-0.1, -0.05) is 50.1 Å². The Kier molecular flexibility index (Phi) is 8.51. The molecule has 7 nitrogen and oxygen atoms in total.